The standard InChI is InChI=1S/C24H26ClN5O2S/c1-3-4-20-24(32)29(12-16-5-7-18-19(9-16)27-14-28-23(18)26)15(2)11-30(20)22(31)8-6-17-10-21(25)33-13-17/h5-10,13-15,20H,3-4,11-12H2,1-2H3,(H2,26,27,28)/t15-,20+/m0/s1. The summed E-state index contributed by atoms with van der Waals surface area (Å²) in [5.41, 5.74) is 8.52. The molecule has 4 rings (SSSR count). The number of halogens is 1. The molecule has 2 aromatic heterocycles. The van der Waals surface area contributed by atoms with Crippen molar-refractivity contribution in [3.63, 3.8) is 0 Å². The van der Waals surface area contributed by atoms with Gasteiger partial charge in [0.1, 0.15) is 18.2 Å². The van der Waals surface area contributed by atoms with E-state index in [-0.39, 0.29) is 17.9 Å². The molecule has 0 aliphatic carbocycles. The highest BCUT2D eigenvalue weighted by Crippen LogP contribution is 2.26. The number of nitrogen functional groups attached to an aromatic ring is 1. The van der Waals surface area contributed by atoms with Gasteiger partial charge >= 0.3 is 0 Å². The quantitative estimate of drug-likeness (QED) is 0.525. The van der Waals surface area contributed by atoms with Crippen LogP contribution in [-0.2, 0) is 16.1 Å². The number of piperazine rings is 1. The summed E-state index contributed by atoms with van der Waals surface area (Å²) in [5, 5.41) is 2.68. The van der Waals surface area contributed by atoms with E-state index in [0.717, 1.165) is 28.5 Å². The van der Waals surface area contributed by atoms with E-state index in [9.17, 15) is 9.59 Å². The van der Waals surface area contributed by atoms with Crippen molar-refractivity contribution in [1.29, 1.82) is 0 Å². The fourth-order valence-electron chi connectivity index (χ4n) is 4.18. The molecule has 3 aromatic rings. The van der Waals surface area contributed by atoms with Crippen LogP contribution in [0.2, 0.25) is 4.34 Å². The van der Waals surface area contributed by atoms with Crippen molar-refractivity contribution >= 4 is 57.5 Å². The first-order chi connectivity index (χ1) is 15.9. The van der Waals surface area contributed by atoms with Crippen LogP contribution in [0.3, 0.4) is 0 Å². The molecule has 1 aromatic carbocycles. The number of nitrogens with zero attached hydrogens (tertiary/aromatic N) is 4. The Kier molecular flexibility index (Phi) is 6.95. The first-order valence-electron chi connectivity index (χ1n) is 10.9. The summed E-state index contributed by atoms with van der Waals surface area (Å²) < 4.78 is 0.672. The Morgan fingerprint density at radius 1 is 1.33 bits per heavy atom. The number of carbonyl (C=O) groups is 2. The average molecular weight is 484 g/mol. The summed E-state index contributed by atoms with van der Waals surface area (Å²) in [6.45, 7) is 4.93. The van der Waals surface area contributed by atoms with Crippen LogP contribution in [0.5, 0.6) is 0 Å². The minimum Gasteiger partial charge on any atom is -0.383 e. The van der Waals surface area contributed by atoms with Gasteiger partial charge in [-0.3, -0.25) is 9.59 Å². The maximum Gasteiger partial charge on any atom is 0.247 e. The number of fused-ring (bicyclic) bond motifs is 1. The topological polar surface area (TPSA) is 92.4 Å². The number of aromatic nitrogens is 2. The van der Waals surface area contributed by atoms with Crippen LogP contribution in [0, 0.1) is 0 Å². The molecule has 0 radical (unpaired) electrons. The maximum absolute atomic E-state index is 13.5. The summed E-state index contributed by atoms with van der Waals surface area (Å²) in [4.78, 5) is 38.4. The second-order valence-corrected chi connectivity index (χ2v) is 9.78. The SMILES string of the molecule is CCC[C@@H]1C(=O)N(Cc2ccc3c(N)ncnc3c2)[C@@H](C)CN1C(=O)C=Cc1csc(Cl)c1. The zero-order valence-electron chi connectivity index (χ0n) is 18.6. The molecule has 2 amide bonds. The third-order valence-electron chi connectivity index (χ3n) is 5.87. The molecule has 2 N–H and O–H groups in total. The molecule has 0 unspecified atom stereocenters. The Bertz CT molecular complexity index is 1210. The highest BCUT2D eigenvalue weighted by Gasteiger charge is 2.39. The Morgan fingerprint density at radius 3 is 2.88 bits per heavy atom. The smallest absolute Gasteiger partial charge is 0.247 e. The second kappa shape index (κ2) is 9.89. The molecule has 1 aliphatic rings. The van der Waals surface area contributed by atoms with Gasteiger partial charge in [0.2, 0.25) is 11.8 Å². The number of carbonyl (C=O) groups excluding carboxylic acids is 2. The number of anilines is 1. The number of hydrogen-bond donors (Lipinski definition) is 1. The Labute approximate surface area is 201 Å². The molecule has 33 heavy (non-hydrogen) atoms. The van der Waals surface area contributed by atoms with Gasteiger partial charge in [-0.1, -0.05) is 31.0 Å². The number of rotatable bonds is 6. The van der Waals surface area contributed by atoms with Gasteiger partial charge in [0.25, 0.3) is 0 Å². The first-order valence-corrected chi connectivity index (χ1v) is 12.2. The van der Waals surface area contributed by atoms with E-state index in [1.165, 1.54) is 23.7 Å². The summed E-state index contributed by atoms with van der Waals surface area (Å²) in [6, 6.07) is 6.99. The van der Waals surface area contributed by atoms with Crippen molar-refractivity contribution in [3.8, 4) is 0 Å². The zero-order valence-corrected chi connectivity index (χ0v) is 20.1. The number of nitrogens with two attached hydrogens (primary N) is 1. The third-order valence-corrected chi connectivity index (χ3v) is 6.98. The van der Waals surface area contributed by atoms with E-state index in [0.29, 0.717) is 29.7 Å². The molecule has 3 heterocycles. The van der Waals surface area contributed by atoms with E-state index >= 15 is 0 Å². The predicted molar refractivity (Wildman–Crippen MR) is 133 cm³/mol. The molecule has 0 bridgehead atoms. The lowest BCUT2D eigenvalue weighted by atomic mass is 10.0. The fourth-order valence-corrected chi connectivity index (χ4v) is 5.03. The van der Waals surface area contributed by atoms with Crippen molar-refractivity contribution < 1.29 is 9.59 Å². The average Bonchev–Trinajstić information content (AvgIpc) is 3.22. The van der Waals surface area contributed by atoms with Crippen LogP contribution in [0.25, 0.3) is 17.0 Å². The second-order valence-electron chi connectivity index (χ2n) is 8.24. The van der Waals surface area contributed by atoms with Crippen molar-refractivity contribution in [1.82, 2.24) is 19.8 Å². The third kappa shape index (κ3) is 5.02. The number of hydrogen-bond acceptors (Lipinski definition) is 6. The van der Waals surface area contributed by atoms with E-state index in [1.807, 2.05) is 48.4 Å². The number of benzene rings is 1. The van der Waals surface area contributed by atoms with Gasteiger partial charge < -0.3 is 15.5 Å². The Morgan fingerprint density at radius 2 is 2.15 bits per heavy atom. The van der Waals surface area contributed by atoms with Gasteiger partial charge in [-0.2, -0.15) is 0 Å². The lowest BCUT2D eigenvalue weighted by Crippen LogP contribution is -2.61. The summed E-state index contributed by atoms with van der Waals surface area (Å²) >= 11 is 7.39. The van der Waals surface area contributed by atoms with E-state index < -0.39 is 6.04 Å². The maximum atomic E-state index is 13.5. The number of thiophene rings is 1. The lowest BCUT2D eigenvalue weighted by molar-refractivity contribution is -0.153. The van der Waals surface area contributed by atoms with Gasteiger partial charge in [0.15, 0.2) is 0 Å². The van der Waals surface area contributed by atoms with Gasteiger partial charge in [-0.05, 0) is 54.1 Å². The molecule has 172 valence electrons. The summed E-state index contributed by atoms with van der Waals surface area (Å²) in [6.07, 6.45) is 6.14. The van der Waals surface area contributed by atoms with Crippen molar-refractivity contribution in [2.24, 2.45) is 0 Å². The molecule has 9 heteroatoms. The van der Waals surface area contributed by atoms with Crippen LogP contribution in [0.4, 0.5) is 5.82 Å². The molecular weight excluding hydrogens is 458 g/mol. The minimum absolute atomic E-state index is 0.0294. The normalized spacial score (nSPS) is 19.1. The van der Waals surface area contributed by atoms with Crippen molar-refractivity contribution in [2.75, 3.05) is 12.3 Å². The Balaban J connectivity index is 1.53. The van der Waals surface area contributed by atoms with Gasteiger partial charge in [-0.15, -0.1) is 11.3 Å². The summed E-state index contributed by atoms with van der Waals surface area (Å²) in [5.74, 6) is 0.246. The first kappa shape index (κ1) is 23.2. The predicted octanol–water partition coefficient (Wildman–Crippen LogP) is 4.37. The molecular formula is C24H26ClN5O2S. The van der Waals surface area contributed by atoms with Crippen LogP contribution in [-0.4, -0.2) is 50.2 Å². The molecule has 2 atom stereocenters. The molecule has 1 fully saturated rings. The van der Waals surface area contributed by atoms with E-state index in [1.54, 1.807) is 11.0 Å². The van der Waals surface area contributed by atoms with Crippen LogP contribution < -0.4 is 5.73 Å². The molecule has 0 spiro atoms. The summed E-state index contributed by atoms with van der Waals surface area (Å²) in [7, 11) is 0. The van der Waals surface area contributed by atoms with Gasteiger partial charge in [0.05, 0.1) is 9.85 Å². The van der Waals surface area contributed by atoms with Gasteiger partial charge in [-0.25, -0.2) is 9.97 Å². The van der Waals surface area contributed by atoms with E-state index in [2.05, 4.69) is 9.97 Å². The Hall–Kier alpha value is -2.97. The molecule has 7 nitrogen and oxygen atoms in total. The lowest BCUT2D eigenvalue weighted by Gasteiger charge is -2.44. The minimum atomic E-state index is -0.479. The molecule has 0 saturated carbocycles. The van der Waals surface area contributed by atoms with Crippen molar-refractivity contribution in [2.45, 2.75) is 45.3 Å². The molecule has 1 saturated heterocycles. The van der Waals surface area contributed by atoms with Crippen molar-refractivity contribution in [3.05, 3.63) is 57.5 Å². The van der Waals surface area contributed by atoms with Crippen LogP contribution >= 0.6 is 22.9 Å². The van der Waals surface area contributed by atoms with Gasteiger partial charge in [0, 0.05) is 30.6 Å². The monoisotopic (exact) mass is 483 g/mol. The highest BCUT2D eigenvalue weighted by atomic mass is 35.5. The highest BCUT2D eigenvalue weighted by molar-refractivity contribution is 7.14. The largest absolute Gasteiger partial charge is 0.383 e. The molecule has 1 aliphatic heterocycles. The fraction of sp³-hybridized carbons (Fsp3) is 0.333. The van der Waals surface area contributed by atoms with Crippen LogP contribution in [0.15, 0.2) is 42.0 Å². The van der Waals surface area contributed by atoms with E-state index in [4.69, 9.17) is 17.3 Å². The number of amides is 2. The zero-order chi connectivity index (χ0) is 23.5. The van der Waals surface area contributed by atoms with Crippen LogP contribution in [0.1, 0.15) is 37.8 Å².